The first-order valence-electron chi connectivity index (χ1n) is 8.13. The highest BCUT2D eigenvalue weighted by Gasteiger charge is 2.91. The average Bonchev–Trinajstić information content (AvgIpc) is 3.21. The number of rotatable bonds is 6. The molecule has 1 aliphatic heterocycles. The topological polar surface area (TPSA) is 95.2 Å². The second kappa shape index (κ2) is 6.16. The summed E-state index contributed by atoms with van der Waals surface area (Å²) >= 11 is 3.20. The molecule has 0 radical (unpaired) electrons. The highest BCUT2D eigenvalue weighted by molar-refractivity contribution is 8.18. The number of benzene rings is 1. The lowest BCUT2D eigenvalue weighted by atomic mass is 9.97. The Morgan fingerprint density at radius 2 is 1.92 bits per heavy atom. The normalized spacial score (nSPS) is 31.4. The predicted molar refractivity (Wildman–Crippen MR) is 102 cm³/mol. The lowest BCUT2D eigenvalue weighted by Gasteiger charge is -2.31. The van der Waals surface area contributed by atoms with Crippen molar-refractivity contribution in [3.05, 3.63) is 29.8 Å². The molecule has 5 nitrogen and oxygen atoms in total. The van der Waals surface area contributed by atoms with E-state index in [1.54, 1.807) is 30.6 Å². The van der Waals surface area contributed by atoms with E-state index in [0.717, 1.165) is 17.1 Å². The van der Waals surface area contributed by atoms with Crippen molar-refractivity contribution in [3.63, 3.8) is 0 Å². The van der Waals surface area contributed by atoms with Crippen LogP contribution in [0.1, 0.15) is 25.3 Å². The van der Waals surface area contributed by atoms with Crippen LogP contribution in [0.2, 0.25) is 0 Å². The number of nitrogens with zero attached hydrogens (tertiary/aromatic N) is 3. The van der Waals surface area contributed by atoms with E-state index in [4.69, 9.17) is 10.5 Å². The zero-order valence-corrected chi connectivity index (χ0v) is 16.1. The van der Waals surface area contributed by atoms with Crippen LogP contribution in [0, 0.1) is 33.5 Å². The Morgan fingerprint density at radius 1 is 1.24 bits per heavy atom. The number of aliphatic imine (C=N–C) groups is 1. The third-order valence-electron chi connectivity index (χ3n) is 5.03. The number of amidine groups is 1. The lowest BCUT2D eigenvalue weighted by molar-refractivity contribution is 0.414. The van der Waals surface area contributed by atoms with Gasteiger partial charge in [0, 0.05) is 5.92 Å². The molecule has 1 saturated carbocycles. The number of methoxy groups -OCH3 is 1. The van der Waals surface area contributed by atoms with Gasteiger partial charge in [0.1, 0.15) is 22.4 Å². The fourth-order valence-electron chi connectivity index (χ4n) is 4.07. The van der Waals surface area contributed by atoms with Crippen LogP contribution in [-0.4, -0.2) is 28.7 Å². The fourth-order valence-corrected chi connectivity index (χ4v) is 7.32. The SMILES string of the molecule is CCSC1(SCC)N=C(N)[C@]2(C#N)[C@H](c3cccc(OC)c3)[C@@]12C#N. The van der Waals surface area contributed by atoms with Crippen molar-refractivity contribution in [1.82, 2.24) is 0 Å². The van der Waals surface area contributed by atoms with Crippen LogP contribution in [0.4, 0.5) is 0 Å². The number of thioether (sulfide) groups is 2. The van der Waals surface area contributed by atoms with Gasteiger partial charge in [-0.2, -0.15) is 10.5 Å². The van der Waals surface area contributed by atoms with E-state index in [-0.39, 0.29) is 11.8 Å². The van der Waals surface area contributed by atoms with Crippen LogP contribution in [-0.2, 0) is 0 Å². The van der Waals surface area contributed by atoms with Gasteiger partial charge in [0.15, 0.2) is 4.20 Å². The molecule has 0 amide bonds. The minimum Gasteiger partial charge on any atom is -0.497 e. The highest BCUT2D eigenvalue weighted by Crippen LogP contribution is 2.85. The van der Waals surface area contributed by atoms with E-state index in [2.05, 4.69) is 17.1 Å². The van der Waals surface area contributed by atoms with Crippen molar-refractivity contribution in [2.45, 2.75) is 24.0 Å². The predicted octanol–water partition coefficient (Wildman–Crippen LogP) is 3.34. The molecule has 7 heteroatoms. The molecule has 2 N–H and O–H groups in total. The summed E-state index contributed by atoms with van der Waals surface area (Å²) in [6.45, 7) is 4.07. The number of nitrogens with two attached hydrogens (primary N) is 1. The molecule has 130 valence electrons. The van der Waals surface area contributed by atoms with Crippen LogP contribution in [0.25, 0.3) is 0 Å². The number of nitriles is 2. The Hall–Kier alpha value is -1.83. The zero-order valence-electron chi connectivity index (χ0n) is 14.4. The van der Waals surface area contributed by atoms with Crippen molar-refractivity contribution in [1.29, 1.82) is 10.5 Å². The zero-order chi connectivity index (χ0) is 18.3. The van der Waals surface area contributed by atoms with Gasteiger partial charge in [0.2, 0.25) is 0 Å². The van der Waals surface area contributed by atoms with E-state index < -0.39 is 15.0 Å². The van der Waals surface area contributed by atoms with Crippen molar-refractivity contribution in [2.75, 3.05) is 18.6 Å². The molecule has 0 unspecified atom stereocenters. The molecule has 0 saturated heterocycles. The van der Waals surface area contributed by atoms with Crippen LogP contribution >= 0.6 is 23.5 Å². The van der Waals surface area contributed by atoms with Gasteiger partial charge in [-0.1, -0.05) is 26.0 Å². The Morgan fingerprint density at radius 3 is 2.44 bits per heavy atom. The summed E-state index contributed by atoms with van der Waals surface area (Å²) in [6, 6.07) is 12.4. The monoisotopic (exact) mass is 372 g/mol. The van der Waals surface area contributed by atoms with E-state index >= 15 is 0 Å². The molecule has 1 aromatic carbocycles. The quantitative estimate of drug-likeness (QED) is 0.770. The van der Waals surface area contributed by atoms with E-state index in [1.807, 2.05) is 38.1 Å². The molecule has 0 spiro atoms. The largest absolute Gasteiger partial charge is 0.497 e. The summed E-state index contributed by atoms with van der Waals surface area (Å²) < 4.78 is 4.57. The molecular weight excluding hydrogens is 352 g/mol. The Kier molecular flexibility index (Phi) is 4.43. The molecular formula is C18H20N4OS2. The molecule has 3 rings (SSSR count). The first kappa shape index (κ1) is 18.0. The second-order valence-corrected chi connectivity index (χ2v) is 9.17. The summed E-state index contributed by atoms with van der Waals surface area (Å²) in [5.41, 5.74) is 5.14. The lowest BCUT2D eigenvalue weighted by Crippen LogP contribution is -2.31. The summed E-state index contributed by atoms with van der Waals surface area (Å²) in [6.07, 6.45) is 0. The van der Waals surface area contributed by atoms with Gasteiger partial charge < -0.3 is 10.5 Å². The van der Waals surface area contributed by atoms with Gasteiger partial charge in [-0.25, -0.2) is 4.99 Å². The van der Waals surface area contributed by atoms with E-state index in [1.165, 1.54) is 0 Å². The van der Waals surface area contributed by atoms with Gasteiger partial charge in [-0.15, -0.1) is 23.5 Å². The van der Waals surface area contributed by atoms with Gasteiger partial charge in [0.25, 0.3) is 0 Å². The Balaban J connectivity index is 2.21. The third-order valence-corrected chi connectivity index (χ3v) is 7.93. The third kappa shape index (κ3) is 2.00. The summed E-state index contributed by atoms with van der Waals surface area (Å²) in [5, 5.41) is 20.3. The molecule has 0 bridgehead atoms. The maximum absolute atomic E-state index is 10.2. The van der Waals surface area contributed by atoms with E-state index in [9.17, 15) is 10.5 Å². The number of ether oxygens (including phenoxy) is 1. The number of hydrogen-bond acceptors (Lipinski definition) is 7. The van der Waals surface area contributed by atoms with Gasteiger partial charge in [-0.3, -0.25) is 0 Å². The molecule has 1 aromatic rings. The van der Waals surface area contributed by atoms with Gasteiger partial charge in [0.05, 0.1) is 19.2 Å². The minimum absolute atomic E-state index is 0.284. The molecule has 1 fully saturated rings. The van der Waals surface area contributed by atoms with Gasteiger partial charge >= 0.3 is 0 Å². The van der Waals surface area contributed by atoms with Crippen LogP contribution in [0.5, 0.6) is 5.75 Å². The highest BCUT2D eigenvalue weighted by atomic mass is 32.2. The Bertz CT molecular complexity index is 806. The summed E-state index contributed by atoms with van der Waals surface area (Å²) in [7, 11) is 1.60. The molecule has 3 atom stereocenters. The van der Waals surface area contributed by atoms with Crippen LogP contribution < -0.4 is 10.5 Å². The number of fused-ring (bicyclic) bond motifs is 1. The molecule has 0 aromatic heterocycles. The van der Waals surface area contributed by atoms with Crippen LogP contribution in [0.15, 0.2) is 29.3 Å². The standard InChI is InChI=1S/C18H20N4OS2/c1-4-24-18(25-5-2)17(11-20)14(16(17,10-19)15(21)22-18)12-7-6-8-13(9-12)23-3/h6-9,14H,4-5H2,1-3H3,(H2,21,22)/t14-,16-,17+/m0/s1. The average molecular weight is 373 g/mol. The molecule has 1 heterocycles. The number of hydrogen-bond donors (Lipinski definition) is 1. The Labute approximate surface area is 156 Å². The second-order valence-electron chi connectivity index (χ2n) is 5.99. The molecule has 2 aliphatic rings. The van der Waals surface area contributed by atoms with Crippen molar-refractivity contribution >= 4 is 29.4 Å². The van der Waals surface area contributed by atoms with Crippen molar-refractivity contribution < 1.29 is 4.74 Å². The first-order chi connectivity index (χ1) is 12.0. The summed E-state index contributed by atoms with van der Waals surface area (Å²) in [4.78, 5) is 4.68. The van der Waals surface area contributed by atoms with Gasteiger partial charge in [-0.05, 0) is 29.2 Å². The first-order valence-corrected chi connectivity index (χ1v) is 10.1. The van der Waals surface area contributed by atoms with Crippen LogP contribution in [0.3, 0.4) is 0 Å². The van der Waals surface area contributed by atoms with E-state index in [0.29, 0.717) is 5.75 Å². The minimum atomic E-state index is -1.07. The maximum Gasteiger partial charge on any atom is 0.175 e. The summed E-state index contributed by atoms with van der Waals surface area (Å²) in [5.74, 6) is 2.27. The van der Waals surface area contributed by atoms with Crippen molar-refractivity contribution in [3.8, 4) is 17.9 Å². The molecule has 1 aliphatic carbocycles. The van der Waals surface area contributed by atoms with Crippen molar-refractivity contribution in [2.24, 2.45) is 21.6 Å². The smallest absolute Gasteiger partial charge is 0.175 e. The molecule has 25 heavy (non-hydrogen) atoms. The fraction of sp³-hybridized carbons (Fsp3) is 0.500. The maximum atomic E-state index is 10.2.